The quantitative estimate of drug-likeness (QED) is 0.758. The molecular formula is C12H19ClN2O2S. The first-order valence-electron chi connectivity index (χ1n) is 5.92. The predicted molar refractivity (Wildman–Crippen MR) is 76.8 cm³/mol. The van der Waals surface area contributed by atoms with E-state index in [1.54, 1.807) is 12.1 Å². The van der Waals surface area contributed by atoms with Crippen LogP contribution in [0.4, 0.5) is 5.69 Å². The van der Waals surface area contributed by atoms with E-state index in [1.165, 1.54) is 0 Å². The molecule has 0 radical (unpaired) electrons. The predicted octanol–water partition coefficient (Wildman–Crippen LogP) is 2.39. The summed E-state index contributed by atoms with van der Waals surface area (Å²) in [7, 11) is -3.35. The van der Waals surface area contributed by atoms with Crippen molar-refractivity contribution >= 4 is 27.3 Å². The zero-order valence-electron chi connectivity index (χ0n) is 10.7. The Kier molecular flexibility index (Phi) is 5.91. The van der Waals surface area contributed by atoms with Crippen molar-refractivity contribution in [1.82, 2.24) is 5.32 Å². The molecule has 0 aromatic heterocycles. The fourth-order valence-electron chi connectivity index (χ4n) is 1.43. The molecule has 1 aromatic rings. The summed E-state index contributed by atoms with van der Waals surface area (Å²) < 4.78 is 26.1. The fraction of sp³-hybridized carbons (Fsp3) is 0.500. The minimum absolute atomic E-state index is 0.0389. The van der Waals surface area contributed by atoms with Crippen LogP contribution in [0, 0.1) is 6.92 Å². The molecule has 6 heteroatoms. The first-order chi connectivity index (χ1) is 8.44. The number of hydrogen-bond donors (Lipinski definition) is 2. The molecule has 0 heterocycles. The Balaban J connectivity index is 2.59. The van der Waals surface area contributed by atoms with E-state index in [1.807, 2.05) is 19.9 Å². The minimum Gasteiger partial charge on any atom is -0.316 e. The van der Waals surface area contributed by atoms with Crippen LogP contribution in [0.25, 0.3) is 0 Å². The van der Waals surface area contributed by atoms with Gasteiger partial charge in [0, 0.05) is 6.54 Å². The van der Waals surface area contributed by atoms with Gasteiger partial charge in [-0.25, -0.2) is 8.42 Å². The van der Waals surface area contributed by atoms with Crippen molar-refractivity contribution in [2.24, 2.45) is 0 Å². The standard InChI is InChI=1S/C12H19ClN2O2S/c1-3-6-14-7-8-18(16,17)15-12-5-4-10(2)9-11(12)13/h4-5,9,14-15H,3,6-8H2,1-2H3. The third-order valence-electron chi connectivity index (χ3n) is 2.36. The van der Waals surface area contributed by atoms with Gasteiger partial charge in [-0.15, -0.1) is 0 Å². The maximum Gasteiger partial charge on any atom is 0.234 e. The molecule has 2 N–H and O–H groups in total. The molecule has 0 atom stereocenters. The Labute approximate surface area is 114 Å². The van der Waals surface area contributed by atoms with Gasteiger partial charge in [0.1, 0.15) is 0 Å². The van der Waals surface area contributed by atoms with Crippen LogP contribution in [0.1, 0.15) is 18.9 Å². The van der Waals surface area contributed by atoms with Crippen LogP contribution in [0.5, 0.6) is 0 Å². The number of benzene rings is 1. The van der Waals surface area contributed by atoms with Gasteiger partial charge in [-0.05, 0) is 37.6 Å². The molecule has 0 saturated carbocycles. The molecule has 1 aromatic carbocycles. The van der Waals surface area contributed by atoms with Gasteiger partial charge >= 0.3 is 0 Å². The van der Waals surface area contributed by atoms with Gasteiger partial charge in [-0.1, -0.05) is 24.6 Å². The molecule has 4 nitrogen and oxygen atoms in total. The minimum atomic E-state index is -3.35. The zero-order chi connectivity index (χ0) is 13.6. The normalized spacial score (nSPS) is 11.5. The molecule has 0 aliphatic rings. The highest BCUT2D eigenvalue weighted by Crippen LogP contribution is 2.23. The van der Waals surface area contributed by atoms with Gasteiger partial charge in [0.2, 0.25) is 10.0 Å². The van der Waals surface area contributed by atoms with Crippen molar-refractivity contribution < 1.29 is 8.42 Å². The van der Waals surface area contributed by atoms with Gasteiger partial charge in [0.05, 0.1) is 16.5 Å². The maximum absolute atomic E-state index is 11.8. The second-order valence-corrected chi connectivity index (χ2v) is 6.40. The molecule has 18 heavy (non-hydrogen) atoms. The molecule has 0 aliphatic heterocycles. The van der Waals surface area contributed by atoms with Crippen molar-refractivity contribution in [1.29, 1.82) is 0 Å². The largest absolute Gasteiger partial charge is 0.316 e. The number of anilines is 1. The number of rotatable bonds is 7. The van der Waals surface area contributed by atoms with Crippen molar-refractivity contribution in [3.05, 3.63) is 28.8 Å². The lowest BCUT2D eigenvalue weighted by molar-refractivity contribution is 0.595. The summed E-state index contributed by atoms with van der Waals surface area (Å²) in [4.78, 5) is 0. The first kappa shape index (κ1) is 15.3. The van der Waals surface area contributed by atoms with Crippen LogP contribution in [0.2, 0.25) is 5.02 Å². The van der Waals surface area contributed by atoms with Gasteiger partial charge in [-0.3, -0.25) is 4.72 Å². The van der Waals surface area contributed by atoms with E-state index in [4.69, 9.17) is 11.6 Å². The van der Waals surface area contributed by atoms with E-state index in [2.05, 4.69) is 10.0 Å². The van der Waals surface area contributed by atoms with Gasteiger partial charge in [0.25, 0.3) is 0 Å². The molecule has 0 amide bonds. The summed E-state index contributed by atoms with van der Waals surface area (Å²) in [5, 5.41) is 3.47. The summed E-state index contributed by atoms with van der Waals surface area (Å²) in [6.07, 6.45) is 0.983. The van der Waals surface area contributed by atoms with Crippen molar-refractivity contribution in [3.63, 3.8) is 0 Å². The lowest BCUT2D eigenvalue weighted by atomic mass is 10.2. The Bertz CT molecular complexity index is 489. The summed E-state index contributed by atoms with van der Waals surface area (Å²) >= 11 is 5.98. The van der Waals surface area contributed by atoms with Crippen LogP contribution in [-0.4, -0.2) is 27.3 Å². The molecule has 1 rings (SSSR count). The van der Waals surface area contributed by atoms with Gasteiger partial charge in [-0.2, -0.15) is 0 Å². The van der Waals surface area contributed by atoms with Crippen molar-refractivity contribution in [2.45, 2.75) is 20.3 Å². The zero-order valence-corrected chi connectivity index (χ0v) is 12.2. The van der Waals surface area contributed by atoms with E-state index in [0.717, 1.165) is 18.5 Å². The third-order valence-corrected chi connectivity index (χ3v) is 3.95. The average Bonchev–Trinajstić information content (AvgIpc) is 2.28. The van der Waals surface area contributed by atoms with E-state index in [0.29, 0.717) is 17.3 Å². The molecule has 102 valence electrons. The highest BCUT2D eigenvalue weighted by molar-refractivity contribution is 7.92. The van der Waals surface area contributed by atoms with Crippen LogP contribution >= 0.6 is 11.6 Å². The van der Waals surface area contributed by atoms with E-state index < -0.39 is 10.0 Å². The molecule has 0 bridgehead atoms. The molecule has 0 aliphatic carbocycles. The smallest absolute Gasteiger partial charge is 0.234 e. The number of sulfonamides is 1. The van der Waals surface area contributed by atoms with Gasteiger partial charge in [0.15, 0.2) is 0 Å². The highest BCUT2D eigenvalue weighted by atomic mass is 35.5. The summed E-state index contributed by atoms with van der Waals surface area (Å²) in [6.45, 7) is 5.19. The van der Waals surface area contributed by atoms with Crippen molar-refractivity contribution in [3.8, 4) is 0 Å². The van der Waals surface area contributed by atoms with Crippen LogP contribution in [0.3, 0.4) is 0 Å². The highest BCUT2D eigenvalue weighted by Gasteiger charge is 2.11. The van der Waals surface area contributed by atoms with E-state index in [9.17, 15) is 8.42 Å². The van der Waals surface area contributed by atoms with Crippen LogP contribution < -0.4 is 10.0 Å². The van der Waals surface area contributed by atoms with Gasteiger partial charge < -0.3 is 5.32 Å². The number of hydrogen-bond acceptors (Lipinski definition) is 3. The third kappa shape index (κ3) is 5.25. The van der Waals surface area contributed by atoms with Crippen molar-refractivity contribution in [2.75, 3.05) is 23.6 Å². The first-order valence-corrected chi connectivity index (χ1v) is 7.95. The second-order valence-electron chi connectivity index (χ2n) is 4.15. The number of aryl methyl sites for hydroxylation is 1. The van der Waals surface area contributed by atoms with Crippen LogP contribution in [-0.2, 0) is 10.0 Å². The number of nitrogens with one attached hydrogen (secondary N) is 2. The Morgan fingerprint density at radius 1 is 1.28 bits per heavy atom. The molecule has 0 spiro atoms. The average molecular weight is 291 g/mol. The Hall–Kier alpha value is -0.780. The lowest BCUT2D eigenvalue weighted by Gasteiger charge is -2.10. The number of halogens is 1. The maximum atomic E-state index is 11.8. The molecule has 0 saturated heterocycles. The van der Waals surface area contributed by atoms with E-state index >= 15 is 0 Å². The monoisotopic (exact) mass is 290 g/mol. The molecule has 0 fully saturated rings. The summed E-state index contributed by atoms with van der Waals surface area (Å²) in [5.41, 5.74) is 1.42. The Morgan fingerprint density at radius 3 is 2.61 bits per heavy atom. The second kappa shape index (κ2) is 6.97. The summed E-state index contributed by atoms with van der Waals surface area (Å²) in [6, 6.07) is 5.22. The lowest BCUT2D eigenvalue weighted by Crippen LogP contribution is -2.27. The van der Waals surface area contributed by atoms with E-state index in [-0.39, 0.29) is 5.75 Å². The topological polar surface area (TPSA) is 58.2 Å². The SMILES string of the molecule is CCCNCCS(=O)(=O)Nc1ccc(C)cc1Cl. The van der Waals surface area contributed by atoms with Crippen LogP contribution in [0.15, 0.2) is 18.2 Å². The fourth-order valence-corrected chi connectivity index (χ4v) is 2.80. The molecule has 0 unspecified atom stereocenters. The summed E-state index contributed by atoms with van der Waals surface area (Å²) in [5.74, 6) is 0.0389. The Morgan fingerprint density at radius 2 is 2.00 bits per heavy atom. The molecular weight excluding hydrogens is 272 g/mol.